The first-order chi connectivity index (χ1) is 11.4. The highest BCUT2D eigenvalue weighted by atomic mass is 16.2. The van der Waals surface area contributed by atoms with Crippen LogP contribution in [0.1, 0.15) is 39.7 Å². The van der Waals surface area contributed by atoms with E-state index in [0.717, 1.165) is 50.5 Å². The van der Waals surface area contributed by atoms with Crippen molar-refractivity contribution in [3.05, 3.63) is 23.9 Å². The van der Waals surface area contributed by atoms with E-state index < -0.39 is 0 Å². The van der Waals surface area contributed by atoms with Gasteiger partial charge in [0.25, 0.3) is 0 Å². The van der Waals surface area contributed by atoms with Crippen LogP contribution in [0.3, 0.4) is 0 Å². The average Bonchev–Trinajstić information content (AvgIpc) is 2.60. The van der Waals surface area contributed by atoms with Crippen LogP contribution < -0.4 is 4.90 Å². The number of likely N-dealkylation sites (N-methyl/N-ethyl adjacent to an activating group) is 1. The summed E-state index contributed by atoms with van der Waals surface area (Å²) in [5.74, 6) is 1.26. The van der Waals surface area contributed by atoms with Crippen LogP contribution >= 0.6 is 0 Å². The van der Waals surface area contributed by atoms with E-state index in [9.17, 15) is 4.79 Å². The molecular weight excluding hydrogens is 300 g/mol. The molecule has 1 aromatic rings. The van der Waals surface area contributed by atoms with Crippen molar-refractivity contribution >= 4 is 11.7 Å². The monoisotopic (exact) mass is 332 g/mol. The van der Waals surface area contributed by atoms with Crippen molar-refractivity contribution in [2.75, 3.05) is 44.7 Å². The van der Waals surface area contributed by atoms with Gasteiger partial charge in [0, 0.05) is 50.9 Å². The van der Waals surface area contributed by atoms with E-state index in [1.165, 1.54) is 0 Å². The van der Waals surface area contributed by atoms with Crippen molar-refractivity contribution in [3.63, 3.8) is 0 Å². The number of pyridine rings is 1. The van der Waals surface area contributed by atoms with E-state index in [1.807, 2.05) is 31.9 Å². The molecule has 0 saturated carbocycles. The Hall–Kier alpha value is -1.62. The second-order valence-electron chi connectivity index (χ2n) is 7.37. The number of carbonyl (C=O) groups excluding carboxylic acids is 1. The summed E-state index contributed by atoms with van der Waals surface area (Å²) >= 11 is 0. The molecule has 1 aliphatic rings. The highest BCUT2D eigenvalue weighted by molar-refractivity contribution is 5.81. The lowest BCUT2D eigenvalue weighted by Gasteiger charge is -2.33. The number of carbonyl (C=O) groups is 1. The number of hydrogen-bond donors (Lipinski definition) is 0. The minimum Gasteiger partial charge on any atom is -0.354 e. The van der Waals surface area contributed by atoms with E-state index in [2.05, 4.69) is 40.9 Å². The molecule has 1 fully saturated rings. The third-order valence-electron chi connectivity index (χ3n) is 5.14. The summed E-state index contributed by atoms with van der Waals surface area (Å²) in [6, 6.07) is 4.19. The molecule has 134 valence electrons. The summed E-state index contributed by atoms with van der Waals surface area (Å²) in [4.78, 5) is 23.9. The molecular formula is C19H32N4O. The molecule has 2 rings (SSSR count). The van der Waals surface area contributed by atoms with Crippen molar-refractivity contribution < 1.29 is 4.79 Å². The van der Waals surface area contributed by atoms with Crippen LogP contribution in [0, 0.1) is 5.41 Å². The second-order valence-corrected chi connectivity index (χ2v) is 7.37. The van der Waals surface area contributed by atoms with E-state index >= 15 is 0 Å². The van der Waals surface area contributed by atoms with Gasteiger partial charge in [-0.25, -0.2) is 4.98 Å². The molecule has 0 unspecified atom stereocenters. The Bertz CT molecular complexity index is 533. The van der Waals surface area contributed by atoms with Crippen LogP contribution in [-0.2, 0) is 11.3 Å². The van der Waals surface area contributed by atoms with Gasteiger partial charge < -0.3 is 14.7 Å². The summed E-state index contributed by atoms with van der Waals surface area (Å²) in [6.45, 7) is 13.7. The van der Waals surface area contributed by atoms with Crippen molar-refractivity contribution in [3.8, 4) is 0 Å². The Morgan fingerprint density at radius 1 is 1.21 bits per heavy atom. The minimum atomic E-state index is -0.302. The molecule has 1 aliphatic heterocycles. The van der Waals surface area contributed by atoms with Crippen molar-refractivity contribution in [1.82, 2.24) is 14.8 Å². The van der Waals surface area contributed by atoms with Gasteiger partial charge in [0.05, 0.1) is 0 Å². The van der Waals surface area contributed by atoms with E-state index in [4.69, 9.17) is 0 Å². The number of aromatic nitrogens is 1. The van der Waals surface area contributed by atoms with Gasteiger partial charge in [-0.3, -0.25) is 4.79 Å². The molecule has 0 radical (unpaired) electrons. The molecule has 1 amide bonds. The largest absolute Gasteiger partial charge is 0.354 e. The summed E-state index contributed by atoms with van der Waals surface area (Å²) in [7, 11) is 2.15. The Morgan fingerprint density at radius 3 is 2.38 bits per heavy atom. The molecule has 0 aliphatic carbocycles. The number of hydrogen-bond acceptors (Lipinski definition) is 4. The molecule has 5 heteroatoms. The van der Waals surface area contributed by atoms with Crippen molar-refractivity contribution in [2.24, 2.45) is 5.41 Å². The third kappa shape index (κ3) is 4.47. The maximum absolute atomic E-state index is 12.7. The molecule has 1 saturated heterocycles. The standard InChI is InChI=1S/C19H32N4O/c1-6-19(3,4)18(24)22(7-2)15-16-8-9-17(20-14-16)23-12-10-21(5)11-13-23/h8-9,14H,6-7,10-13,15H2,1-5H3. The SMILES string of the molecule is CCN(Cc1ccc(N2CCN(C)CC2)nc1)C(=O)C(C)(C)CC. The van der Waals surface area contributed by atoms with Crippen LogP contribution in [0.2, 0.25) is 0 Å². The predicted octanol–water partition coefficient (Wildman–Crippen LogP) is 2.62. The van der Waals surface area contributed by atoms with Gasteiger partial charge in [-0.1, -0.05) is 26.8 Å². The molecule has 1 aromatic heterocycles. The quantitative estimate of drug-likeness (QED) is 0.803. The van der Waals surface area contributed by atoms with Crippen LogP contribution in [0.5, 0.6) is 0 Å². The Kier molecular flexibility index (Phi) is 6.21. The number of rotatable bonds is 6. The van der Waals surface area contributed by atoms with Gasteiger partial charge in [-0.15, -0.1) is 0 Å². The van der Waals surface area contributed by atoms with Gasteiger partial charge in [0.1, 0.15) is 5.82 Å². The van der Waals surface area contributed by atoms with Gasteiger partial charge in [0.2, 0.25) is 5.91 Å². The van der Waals surface area contributed by atoms with Crippen LogP contribution in [0.15, 0.2) is 18.3 Å². The first-order valence-corrected chi connectivity index (χ1v) is 9.05. The first-order valence-electron chi connectivity index (χ1n) is 9.05. The molecule has 0 spiro atoms. The fourth-order valence-corrected chi connectivity index (χ4v) is 2.86. The molecule has 0 aromatic carbocycles. The summed E-state index contributed by atoms with van der Waals surface area (Å²) in [6.07, 6.45) is 2.77. The Morgan fingerprint density at radius 2 is 1.88 bits per heavy atom. The first kappa shape index (κ1) is 18.7. The van der Waals surface area contributed by atoms with Gasteiger partial charge in [-0.05, 0) is 32.0 Å². The highest BCUT2D eigenvalue weighted by Crippen LogP contribution is 2.24. The maximum Gasteiger partial charge on any atom is 0.228 e. The maximum atomic E-state index is 12.7. The Balaban J connectivity index is 2.01. The topological polar surface area (TPSA) is 39.7 Å². The number of nitrogens with zero attached hydrogens (tertiary/aromatic N) is 4. The minimum absolute atomic E-state index is 0.218. The van der Waals surface area contributed by atoms with E-state index in [-0.39, 0.29) is 11.3 Å². The average molecular weight is 332 g/mol. The number of piperazine rings is 1. The van der Waals surface area contributed by atoms with Crippen LogP contribution in [-0.4, -0.2) is 60.5 Å². The zero-order chi connectivity index (χ0) is 17.7. The number of anilines is 1. The van der Waals surface area contributed by atoms with E-state index in [0.29, 0.717) is 6.54 Å². The zero-order valence-corrected chi connectivity index (χ0v) is 15.9. The lowest BCUT2D eigenvalue weighted by atomic mass is 9.88. The summed E-state index contributed by atoms with van der Waals surface area (Å²) < 4.78 is 0. The molecule has 5 nitrogen and oxygen atoms in total. The summed E-state index contributed by atoms with van der Waals surface area (Å²) in [5, 5.41) is 0. The summed E-state index contributed by atoms with van der Waals surface area (Å²) in [5.41, 5.74) is 0.790. The van der Waals surface area contributed by atoms with Crippen molar-refractivity contribution in [1.29, 1.82) is 0 Å². The van der Waals surface area contributed by atoms with Gasteiger partial charge in [0.15, 0.2) is 0 Å². The third-order valence-corrected chi connectivity index (χ3v) is 5.14. The fraction of sp³-hybridized carbons (Fsp3) is 0.684. The zero-order valence-electron chi connectivity index (χ0n) is 15.9. The lowest BCUT2D eigenvalue weighted by molar-refractivity contribution is -0.141. The normalized spacial score (nSPS) is 16.3. The van der Waals surface area contributed by atoms with Gasteiger partial charge >= 0.3 is 0 Å². The highest BCUT2D eigenvalue weighted by Gasteiger charge is 2.29. The van der Waals surface area contributed by atoms with Gasteiger partial charge in [-0.2, -0.15) is 0 Å². The fourth-order valence-electron chi connectivity index (χ4n) is 2.86. The lowest BCUT2D eigenvalue weighted by Crippen LogP contribution is -2.44. The Labute approximate surface area is 146 Å². The smallest absolute Gasteiger partial charge is 0.228 e. The second kappa shape index (κ2) is 7.97. The molecule has 0 atom stereocenters. The predicted molar refractivity (Wildman–Crippen MR) is 99.1 cm³/mol. The molecule has 0 N–H and O–H groups in total. The van der Waals surface area contributed by atoms with Crippen LogP contribution in [0.25, 0.3) is 0 Å². The molecule has 24 heavy (non-hydrogen) atoms. The molecule has 2 heterocycles. The van der Waals surface area contributed by atoms with E-state index in [1.54, 1.807) is 0 Å². The molecule has 0 bridgehead atoms. The number of amides is 1. The van der Waals surface area contributed by atoms with Crippen molar-refractivity contribution in [2.45, 2.75) is 40.7 Å². The van der Waals surface area contributed by atoms with Crippen LogP contribution in [0.4, 0.5) is 5.82 Å².